The molecular weight excluding hydrogens is 328 g/mol. The first kappa shape index (κ1) is 18.6. The second-order valence-corrected chi connectivity index (χ2v) is 7.35. The maximum absolute atomic E-state index is 12.2. The van der Waals surface area contributed by atoms with Gasteiger partial charge in [-0.2, -0.15) is 0 Å². The first-order valence-electron chi connectivity index (χ1n) is 9.44. The molecule has 6 heteroatoms. The third kappa shape index (κ3) is 3.65. The number of para-hydroxylation sites is 1. The van der Waals surface area contributed by atoms with E-state index in [2.05, 4.69) is 11.4 Å². The summed E-state index contributed by atoms with van der Waals surface area (Å²) in [6.07, 6.45) is 6.04. The van der Waals surface area contributed by atoms with E-state index in [0.717, 1.165) is 36.1 Å². The van der Waals surface area contributed by atoms with E-state index in [0.29, 0.717) is 5.92 Å². The molecule has 1 amide bonds. The molecule has 140 valence electrons. The number of aldehydes is 1. The fraction of sp³-hybridized carbons (Fsp3) is 0.550. The molecule has 1 aromatic rings. The lowest BCUT2D eigenvalue weighted by molar-refractivity contribution is -0.122. The van der Waals surface area contributed by atoms with E-state index in [4.69, 9.17) is 10.7 Å². The first-order valence-corrected chi connectivity index (χ1v) is 9.44. The first-order chi connectivity index (χ1) is 12.5. The van der Waals surface area contributed by atoms with Crippen LogP contribution in [0.25, 0.3) is 0 Å². The van der Waals surface area contributed by atoms with Crippen molar-refractivity contribution in [2.24, 2.45) is 16.6 Å². The van der Waals surface area contributed by atoms with Crippen molar-refractivity contribution in [2.45, 2.75) is 57.3 Å². The number of fused-ring (bicyclic) bond motifs is 1. The number of nitrogens with zero attached hydrogens (tertiary/aromatic N) is 2. The highest BCUT2D eigenvalue weighted by Crippen LogP contribution is 2.34. The van der Waals surface area contributed by atoms with Crippen molar-refractivity contribution in [1.29, 1.82) is 0 Å². The molecule has 3 rings (SSSR count). The van der Waals surface area contributed by atoms with Crippen LogP contribution in [0.4, 0.5) is 5.69 Å². The van der Waals surface area contributed by atoms with E-state index >= 15 is 0 Å². The van der Waals surface area contributed by atoms with E-state index in [1.54, 1.807) is 6.92 Å². The second-order valence-electron chi connectivity index (χ2n) is 7.35. The molecule has 3 atom stereocenters. The lowest BCUT2D eigenvalue weighted by Crippen LogP contribution is -2.53. The fourth-order valence-corrected chi connectivity index (χ4v) is 3.93. The Morgan fingerprint density at radius 1 is 1.31 bits per heavy atom. The van der Waals surface area contributed by atoms with Crippen LogP contribution in [0.5, 0.6) is 0 Å². The van der Waals surface area contributed by atoms with Gasteiger partial charge >= 0.3 is 0 Å². The summed E-state index contributed by atoms with van der Waals surface area (Å²) in [6.45, 7) is 1.63. The van der Waals surface area contributed by atoms with Gasteiger partial charge in [-0.05, 0) is 25.8 Å². The molecule has 0 bridgehead atoms. The van der Waals surface area contributed by atoms with Crippen LogP contribution in [0.2, 0.25) is 0 Å². The van der Waals surface area contributed by atoms with Gasteiger partial charge in [-0.1, -0.05) is 37.5 Å². The van der Waals surface area contributed by atoms with E-state index in [-0.39, 0.29) is 5.91 Å². The molecule has 1 aromatic carbocycles. The van der Waals surface area contributed by atoms with Crippen LogP contribution in [0.3, 0.4) is 0 Å². The Morgan fingerprint density at radius 2 is 2.00 bits per heavy atom. The molecule has 0 radical (unpaired) electrons. The molecule has 3 N–H and O–H groups in total. The number of rotatable bonds is 4. The molecule has 2 unspecified atom stereocenters. The van der Waals surface area contributed by atoms with Gasteiger partial charge in [0.15, 0.2) is 0 Å². The molecule has 0 spiro atoms. The van der Waals surface area contributed by atoms with Gasteiger partial charge < -0.3 is 20.7 Å². The van der Waals surface area contributed by atoms with Crippen LogP contribution in [0, 0.1) is 5.92 Å². The second kappa shape index (κ2) is 7.99. The Morgan fingerprint density at radius 3 is 2.65 bits per heavy atom. The lowest BCUT2D eigenvalue weighted by Gasteiger charge is -2.29. The van der Waals surface area contributed by atoms with Crippen LogP contribution in [0.15, 0.2) is 29.3 Å². The average Bonchev–Trinajstić information content (AvgIpc) is 2.77. The van der Waals surface area contributed by atoms with Crippen LogP contribution in [0.1, 0.15) is 44.6 Å². The maximum atomic E-state index is 12.2. The lowest BCUT2D eigenvalue weighted by atomic mass is 9.83. The van der Waals surface area contributed by atoms with Crippen molar-refractivity contribution in [3.8, 4) is 0 Å². The number of nitrogens with one attached hydrogen (secondary N) is 1. The molecule has 1 aliphatic carbocycles. The standard InChI is InChI=1S/C20H28N4O2/c1-13(21)20(26)23-19-17(12-25)24(2)16-11-7-6-10-15(16)18(22-19)14-8-4-3-5-9-14/h6-7,10-14,17,19H,3-5,8-9,21H2,1-2H3,(H,23,26)/t13-,17?,19?/m0/s1. The van der Waals surface area contributed by atoms with Crippen molar-refractivity contribution < 1.29 is 9.59 Å². The number of aliphatic imine (C=N–C) groups is 1. The predicted octanol–water partition coefficient (Wildman–Crippen LogP) is 1.86. The monoisotopic (exact) mass is 356 g/mol. The molecule has 1 saturated carbocycles. The largest absolute Gasteiger partial charge is 0.361 e. The molecule has 1 aliphatic heterocycles. The summed E-state index contributed by atoms with van der Waals surface area (Å²) in [5.74, 6) is 0.0614. The summed E-state index contributed by atoms with van der Waals surface area (Å²) in [4.78, 5) is 30.9. The van der Waals surface area contributed by atoms with Crippen molar-refractivity contribution in [1.82, 2.24) is 5.32 Å². The van der Waals surface area contributed by atoms with E-state index in [9.17, 15) is 9.59 Å². The Bertz CT molecular complexity index is 695. The summed E-state index contributed by atoms with van der Waals surface area (Å²) < 4.78 is 0. The zero-order valence-electron chi connectivity index (χ0n) is 15.5. The number of benzodiazepines with no additional fused rings is 1. The third-order valence-corrected chi connectivity index (χ3v) is 5.44. The summed E-state index contributed by atoms with van der Waals surface area (Å²) in [5, 5.41) is 2.87. The van der Waals surface area contributed by atoms with Gasteiger partial charge in [0.05, 0.1) is 6.04 Å². The van der Waals surface area contributed by atoms with E-state index in [1.807, 2.05) is 30.1 Å². The quantitative estimate of drug-likeness (QED) is 0.806. The molecule has 1 fully saturated rings. The summed E-state index contributed by atoms with van der Waals surface area (Å²) in [7, 11) is 1.88. The highest BCUT2D eigenvalue weighted by Gasteiger charge is 2.34. The van der Waals surface area contributed by atoms with E-state index in [1.165, 1.54) is 19.3 Å². The average molecular weight is 356 g/mol. The number of anilines is 1. The highest BCUT2D eigenvalue weighted by atomic mass is 16.2. The van der Waals surface area contributed by atoms with Crippen molar-refractivity contribution in [2.75, 3.05) is 11.9 Å². The van der Waals surface area contributed by atoms with Crippen LogP contribution >= 0.6 is 0 Å². The zero-order valence-corrected chi connectivity index (χ0v) is 15.5. The van der Waals surface area contributed by atoms with Gasteiger partial charge in [-0.15, -0.1) is 0 Å². The molecule has 0 aromatic heterocycles. The number of amides is 1. The zero-order chi connectivity index (χ0) is 18.7. The normalized spacial score (nSPS) is 24.9. The summed E-state index contributed by atoms with van der Waals surface area (Å²) in [5.41, 5.74) is 8.76. The predicted molar refractivity (Wildman–Crippen MR) is 103 cm³/mol. The number of benzene rings is 1. The highest BCUT2D eigenvalue weighted by molar-refractivity contribution is 6.08. The molecule has 26 heavy (non-hydrogen) atoms. The number of carbonyl (C=O) groups excluding carboxylic acids is 2. The molecular formula is C20H28N4O2. The van der Waals surface area contributed by atoms with Crippen LogP contribution in [-0.2, 0) is 9.59 Å². The fourth-order valence-electron chi connectivity index (χ4n) is 3.93. The van der Waals surface area contributed by atoms with Crippen molar-refractivity contribution >= 4 is 23.6 Å². The van der Waals surface area contributed by atoms with Gasteiger partial charge in [0.1, 0.15) is 18.5 Å². The Balaban J connectivity index is 2.06. The number of hydrogen-bond donors (Lipinski definition) is 2. The number of likely N-dealkylation sites (N-methyl/N-ethyl adjacent to an activating group) is 1. The van der Waals surface area contributed by atoms with Gasteiger partial charge in [-0.3, -0.25) is 9.79 Å². The summed E-state index contributed by atoms with van der Waals surface area (Å²) in [6, 6.07) is 6.83. The van der Waals surface area contributed by atoms with E-state index < -0.39 is 18.2 Å². The molecule has 1 heterocycles. The van der Waals surface area contributed by atoms with Crippen molar-refractivity contribution in [3.63, 3.8) is 0 Å². The minimum absolute atomic E-state index is 0.298. The minimum atomic E-state index is -0.647. The van der Waals surface area contributed by atoms with Gasteiger partial charge in [0.25, 0.3) is 0 Å². The Labute approximate surface area is 154 Å². The van der Waals surface area contributed by atoms with Crippen molar-refractivity contribution in [3.05, 3.63) is 29.8 Å². The molecule has 6 nitrogen and oxygen atoms in total. The molecule has 2 aliphatic rings. The number of hydrogen-bond acceptors (Lipinski definition) is 5. The number of carbonyl (C=O) groups is 2. The topological polar surface area (TPSA) is 87.8 Å². The van der Waals surface area contributed by atoms with Gasteiger partial charge in [0, 0.05) is 29.9 Å². The maximum Gasteiger partial charge on any atom is 0.238 e. The van der Waals surface area contributed by atoms with Crippen LogP contribution < -0.4 is 16.0 Å². The van der Waals surface area contributed by atoms with Crippen LogP contribution in [-0.4, -0.2) is 43.2 Å². The van der Waals surface area contributed by atoms with Gasteiger partial charge in [-0.25, -0.2) is 0 Å². The summed E-state index contributed by atoms with van der Waals surface area (Å²) >= 11 is 0. The minimum Gasteiger partial charge on any atom is -0.361 e. The molecule has 0 saturated heterocycles. The number of nitrogens with two attached hydrogens (primary N) is 1. The SMILES string of the molecule is C[C@H](N)C(=O)NC1N=C(C2CCCCC2)c2ccccc2N(C)C1C=O. The Kier molecular flexibility index (Phi) is 5.71. The third-order valence-electron chi connectivity index (χ3n) is 5.44. The van der Waals surface area contributed by atoms with Gasteiger partial charge in [0.2, 0.25) is 5.91 Å². The smallest absolute Gasteiger partial charge is 0.238 e. The Hall–Kier alpha value is -2.21.